The van der Waals surface area contributed by atoms with Gasteiger partial charge in [0.25, 0.3) is 0 Å². The Labute approximate surface area is 126 Å². The van der Waals surface area contributed by atoms with Crippen molar-refractivity contribution >= 4 is 50.1 Å². The summed E-state index contributed by atoms with van der Waals surface area (Å²) in [6.45, 7) is 4.39. The number of amidine groups is 1. The summed E-state index contributed by atoms with van der Waals surface area (Å²) in [5, 5.41) is 5.01. The Kier molecular flexibility index (Phi) is 4.62. The first-order valence-corrected chi connectivity index (χ1v) is 8.13. The van der Waals surface area contributed by atoms with Gasteiger partial charge in [0.15, 0.2) is 5.17 Å². The fourth-order valence-electron chi connectivity index (χ4n) is 1.73. The number of benzene rings is 1. The second-order valence-electron chi connectivity index (χ2n) is 4.62. The fourth-order valence-corrected chi connectivity index (χ4v) is 3.46. The first-order valence-electron chi connectivity index (χ1n) is 5.97. The van der Waals surface area contributed by atoms with Crippen molar-refractivity contribution in [3.63, 3.8) is 0 Å². The molecule has 18 heavy (non-hydrogen) atoms. The number of hydrogen-bond donors (Lipinski definition) is 1. The van der Waals surface area contributed by atoms with Gasteiger partial charge in [-0.3, -0.25) is 4.99 Å². The van der Waals surface area contributed by atoms with E-state index in [0.29, 0.717) is 5.02 Å². The molecule has 1 aromatic carbocycles. The number of nitrogens with one attached hydrogen (secondary N) is 1. The lowest BCUT2D eigenvalue weighted by Gasteiger charge is -2.29. The average Bonchev–Trinajstić information content (AvgIpc) is 2.34. The standard InChI is InChI=1S/C13H16BrClN2S/c1-3-13(2)6-7-18-12(17-13)16-11-8-9(14)4-5-10(11)15/h4-5,8H,3,6-7H2,1-2H3,(H,16,17). The van der Waals surface area contributed by atoms with Gasteiger partial charge >= 0.3 is 0 Å². The van der Waals surface area contributed by atoms with Gasteiger partial charge in [0.1, 0.15) is 0 Å². The first kappa shape index (κ1) is 14.2. The fraction of sp³-hybridized carbons (Fsp3) is 0.462. The van der Waals surface area contributed by atoms with Crippen LogP contribution in [0, 0.1) is 0 Å². The molecule has 0 bridgehead atoms. The topological polar surface area (TPSA) is 24.4 Å². The molecule has 2 rings (SSSR count). The molecule has 0 spiro atoms. The Morgan fingerprint density at radius 2 is 2.33 bits per heavy atom. The average molecular weight is 348 g/mol. The van der Waals surface area contributed by atoms with Crippen LogP contribution in [0.4, 0.5) is 5.69 Å². The SMILES string of the molecule is CCC1(C)CCSC(Nc2cc(Br)ccc2Cl)=N1. The number of anilines is 1. The molecule has 1 unspecified atom stereocenters. The number of halogens is 2. The van der Waals surface area contributed by atoms with Crippen LogP contribution in [0.3, 0.4) is 0 Å². The van der Waals surface area contributed by atoms with Crippen molar-refractivity contribution in [3.05, 3.63) is 27.7 Å². The Balaban J connectivity index is 2.21. The van der Waals surface area contributed by atoms with Gasteiger partial charge in [-0.2, -0.15) is 0 Å². The molecular formula is C13H16BrClN2S. The highest BCUT2D eigenvalue weighted by molar-refractivity contribution is 9.10. The summed E-state index contributed by atoms with van der Waals surface area (Å²) in [7, 11) is 0. The highest BCUT2D eigenvalue weighted by Crippen LogP contribution is 2.32. The Morgan fingerprint density at radius 1 is 1.56 bits per heavy atom. The van der Waals surface area contributed by atoms with Crippen LogP contribution in [0.5, 0.6) is 0 Å². The molecule has 5 heteroatoms. The van der Waals surface area contributed by atoms with Crippen molar-refractivity contribution in [3.8, 4) is 0 Å². The van der Waals surface area contributed by atoms with E-state index in [1.807, 2.05) is 18.2 Å². The van der Waals surface area contributed by atoms with E-state index in [1.54, 1.807) is 11.8 Å². The molecule has 1 aromatic rings. The molecule has 0 aromatic heterocycles. The summed E-state index contributed by atoms with van der Waals surface area (Å²) in [4.78, 5) is 4.79. The normalized spacial score (nSPS) is 23.7. The van der Waals surface area contributed by atoms with Crippen LogP contribution >= 0.6 is 39.3 Å². The Bertz CT molecular complexity index is 478. The van der Waals surface area contributed by atoms with Gasteiger partial charge in [-0.25, -0.2) is 0 Å². The molecule has 2 nitrogen and oxygen atoms in total. The number of rotatable bonds is 2. The first-order chi connectivity index (χ1) is 8.52. The van der Waals surface area contributed by atoms with Crippen LogP contribution in [-0.2, 0) is 0 Å². The third kappa shape index (κ3) is 3.43. The minimum absolute atomic E-state index is 0.0616. The number of nitrogens with zero attached hydrogens (tertiary/aromatic N) is 1. The van der Waals surface area contributed by atoms with Crippen LogP contribution in [0.1, 0.15) is 26.7 Å². The molecule has 0 amide bonds. The van der Waals surface area contributed by atoms with Gasteiger partial charge in [0.2, 0.25) is 0 Å². The smallest absolute Gasteiger partial charge is 0.161 e. The van der Waals surface area contributed by atoms with E-state index >= 15 is 0 Å². The number of aliphatic imine (C=N–C) groups is 1. The number of hydrogen-bond acceptors (Lipinski definition) is 3. The molecule has 1 heterocycles. The van der Waals surface area contributed by atoms with Crippen LogP contribution in [0.15, 0.2) is 27.7 Å². The Hall–Kier alpha value is -0.190. The quantitative estimate of drug-likeness (QED) is 0.797. The third-order valence-corrected chi connectivity index (χ3v) is 4.88. The summed E-state index contributed by atoms with van der Waals surface area (Å²) in [6.07, 6.45) is 2.19. The molecule has 0 saturated heterocycles. The van der Waals surface area contributed by atoms with Gasteiger partial charge in [0, 0.05) is 10.2 Å². The predicted molar refractivity (Wildman–Crippen MR) is 86.0 cm³/mol. The van der Waals surface area contributed by atoms with Crippen molar-refractivity contribution in [2.75, 3.05) is 11.1 Å². The van der Waals surface area contributed by atoms with Crippen molar-refractivity contribution in [2.24, 2.45) is 4.99 Å². The van der Waals surface area contributed by atoms with E-state index in [0.717, 1.165) is 33.9 Å². The Morgan fingerprint density at radius 3 is 3.06 bits per heavy atom. The minimum Gasteiger partial charge on any atom is -0.334 e. The van der Waals surface area contributed by atoms with Gasteiger partial charge < -0.3 is 5.32 Å². The molecule has 0 saturated carbocycles. The van der Waals surface area contributed by atoms with E-state index in [-0.39, 0.29) is 5.54 Å². The summed E-state index contributed by atoms with van der Waals surface area (Å²) < 4.78 is 1.01. The molecule has 1 aliphatic heterocycles. The zero-order chi connectivity index (χ0) is 13.2. The maximum Gasteiger partial charge on any atom is 0.161 e. The third-order valence-electron chi connectivity index (χ3n) is 3.18. The van der Waals surface area contributed by atoms with Crippen molar-refractivity contribution in [1.82, 2.24) is 0 Å². The monoisotopic (exact) mass is 346 g/mol. The molecule has 1 aliphatic rings. The summed E-state index contributed by atoms with van der Waals surface area (Å²) in [5.41, 5.74) is 0.962. The highest BCUT2D eigenvalue weighted by Gasteiger charge is 2.26. The maximum absolute atomic E-state index is 6.17. The largest absolute Gasteiger partial charge is 0.334 e. The van der Waals surface area contributed by atoms with Gasteiger partial charge in [-0.05, 0) is 38.0 Å². The van der Waals surface area contributed by atoms with Gasteiger partial charge in [0.05, 0.1) is 16.2 Å². The van der Waals surface area contributed by atoms with Gasteiger partial charge in [-0.15, -0.1) is 0 Å². The molecule has 98 valence electrons. The second-order valence-corrected chi connectivity index (χ2v) is 7.02. The van der Waals surface area contributed by atoms with E-state index in [1.165, 1.54) is 0 Å². The van der Waals surface area contributed by atoms with E-state index in [2.05, 4.69) is 35.1 Å². The van der Waals surface area contributed by atoms with Crippen LogP contribution in [-0.4, -0.2) is 16.5 Å². The minimum atomic E-state index is 0.0616. The molecular weight excluding hydrogens is 332 g/mol. The molecule has 0 aliphatic carbocycles. The van der Waals surface area contributed by atoms with Crippen LogP contribution in [0.25, 0.3) is 0 Å². The van der Waals surface area contributed by atoms with Crippen LogP contribution < -0.4 is 5.32 Å². The lowest BCUT2D eigenvalue weighted by Crippen LogP contribution is -2.29. The lowest BCUT2D eigenvalue weighted by molar-refractivity contribution is 0.443. The molecule has 1 N–H and O–H groups in total. The highest BCUT2D eigenvalue weighted by atomic mass is 79.9. The predicted octanol–water partition coefficient (Wildman–Crippen LogP) is 5.18. The van der Waals surface area contributed by atoms with Crippen molar-refractivity contribution in [1.29, 1.82) is 0 Å². The second kappa shape index (κ2) is 5.85. The van der Waals surface area contributed by atoms with Crippen LogP contribution in [0.2, 0.25) is 5.02 Å². The molecule has 0 radical (unpaired) electrons. The summed E-state index contributed by atoms with van der Waals surface area (Å²) >= 11 is 11.4. The van der Waals surface area contributed by atoms with E-state index < -0.39 is 0 Å². The summed E-state index contributed by atoms with van der Waals surface area (Å²) in [6, 6.07) is 5.78. The zero-order valence-electron chi connectivity index (χ0n) is 10.5. The van der Waals surface area contributed by atoms with E-state index in [4.69, 9.17) is 16.6 Å². The lowest BCUT2D eigenvalue weighted by atomic mass is 9.97. The number of thioether (sulfide) groups is 1. The van der Waals surface area contributed by atoms with Crippen molar-refractivity contribution in [2.45, 2.75) is 32.2 Å². The zero-order valence-corrected chi connectivity index (χ0v) is 13.6. The van der Waals surface area contributed by atoms with Gasteiger partial charge in [-0.1, -0.05) is 46.2 Å². The maximum atomic E-state index is 6.17. The van der Waals surface area contributed by atoms with E-state index in [9.17, 15) is 0 Å². The van der Waals surface area contributed by atoms with Crippen molar-refractivity contribution < 1.29 is 0 Å². The molecule has 0 fully saturated rings. The molecule has 1 atom stereocenters. The summed E-state index contributed by atoms with van der Waals surface area (Å²) in [5.74, 6) is 1.10.